The number of aliphatic hydroxyl groups excluding tert-OH is 1. The van der Waals surface area contributed by atoms with Crippen LogP contribution in [-0.4, -0.2) is 61.0 Å². The average molecular weight is 472 g/mol. The second kappa shape index (κ2) is 11.1. The molecule has 1 aromatic heterocycles. The molecule has 0 aliphatic carbocycles. The van der Waals surface area contributed by atoms with Crippen molar-refractivity contribution in [1.29, 1.82) is 5.41 Å². The van der Waals surface area contributed by atoms with Crippen molar-refractivity contribution in [2.24, 2.45) is 10.4 Å². The summed E-state index contributed by atoms with van der Waals surface area (Å²) in [4.78, 5) is 30.3. The predicted octanol–water partition coefficient (Wildman–Crippen LogP) is 0.670. The number of amidine groups is 1. The van der Waals surface area contributed by atoms with Crippen molar-refractivity contribution >= 4 is 23.6 Å². The number of aliphatic imine (C=N–C) groups is 1. The van der Waals surface area contributed by atoms with Crippen LogP contribution in [0.3, 0.4) is 0 Å². The molecule has 3 rings (SSSR count). The number of nitrogens with zero attached hydrogens (tertiary/aromatic N) is 2. The molecule has 2 aliphatic rings. The Hall–Kier alpha value is -3.44. The smallest absolute Gasteiger partial charge is 0.274 e. The van der Waals surface area contributed by atoms with Crippen LogP contribution in [0.1, 0.15) is 32.7 Å². The van der Waals surface area contributed by atoms with Gasteiger partial charge in [-0.05, 0) is 25.0 Å². The summed E-state index contributed by atoms with van der Waals surface area (Å²) in [5, 5.41) is 28.9. The first kappa shape index (κ1) is 25.2. The van der Waals surface area contributed by atoms with E-state index in [1.807, 2.05) is 13.8 Å². The summed E-state index contributed by atoms with van der Waals surface area (Å²) in [6, 6.07) is 3.44. The number of nitrogens with one attached hydrogen (secondary N) is 5. The molecule has 11 nitrogen and oxygen atoms in total. The maximum atomic E-state index is 13.1. The molecule has 0 aromatic carbocycles. The molecule has 11 heteroatoms. The van der Waals surface area contributed by atoms with E-state index in [2.05, 4.69) is 26.3 Å². The van der Waals surface area contributed by atoms with Crippen molar-refractivity contribution in [3.05, 3.63) is 52.0 Å². The fraction of sp³-hybridized carbons (Fsp3) is 0.478. The van der Waals surface area contributed by atoms with Crippen LogP contribution in [0.5, 0.6) is 0 Å². The van der Waals surface area contributed by atoms with Gasteiger partial charge >= 0.3 is 0 Å². The number of ether oxygens (including phenoxy) is 1. The van der Waals surface area contributed by atoms with Gasteiger partial charge in [-0.2, -0.15) is 0 Å². The first-order chi connectivity index (χ1) is 16.3. The lowest BCUT2D eigenvalue weighted by molar-refractivity contribution is -0.117. The number of aliphatic hydroxyl groups is 1. The fourth-order valence-corrected chi connectivity index (χ4v) is 3.49. The van der Waals surface area contributed by atoms with Gasteiger partial charge in [0.15, 0.2) is 0 Å². The Balaban J connectivity index is 1.88. The Bertz CT molecular complexity index is 1070. The molecular weight excluding hydrogens is 438 g/mol. The topological polar surface area (TPSA) is 153 Å². The van der Waals surface area contributed by atoms with E-state index in [-0.39, 0.29) is 36.1 Å². The highest BCUT2D eigenvalue weighted by Gasteiger charge is 2.23. The number of pyridine rings is 1. The second-order valence-corrected chi connectivity index (χ2v) is 8.97. The van der Waals surface area contributed by atoms with Gasteiger partial charge in [0.2, 0.25) is 0 Å². The normalized spacial score (nSPS) is 19.8. The van der Waals surface area contributed by atoms with Crippen LogP contribution in [-0.2, 0) is 9.53 Å². The van der Waals surface area contributed by atoms with Crippen molar-refractivity contribution < 1.29 is 14.6 Å². The maximum Gasteiger partial charge on any atom is 0.274 e. The van der Waals surface area contributed by atoms with Gasteiger partial charge in [0.1, 0.15) is 23.2 Å². The summed E-state index contributed by atoms with van der Waals surface area (Å²) < 4.78 is 7.19. The fourth-order valence-electron chi connectivity index (χ4n) is 3.49. The summed E-state index contributed by atoms with van der Waals surface area (Å²) in [6.07, 6.45) is 6.11. The van der Waals surface area contributed by atoms with Crippen molar-refractivity contribution in [3.63, 3.8) is 0 Å². The molecule has 184 valence electrons. The monoisotopic (exact) mass is 471 g/mol. The van der Waals surface area contributed by atoms with E-state index in [1.165, 1.54) is 0 Å². The van der Waals surface area contributed by atoms with Crippen LogP contribution >= 0.6 is 0 Å². The molecule has 0 radical (unpaired) electrons. The van der Waals surface area contributed by atoms with Crippen molar-refractivity contribution in [1.82, 2.24) is 20.5 Å². The molecule has 0 bridgehead atoms. The van der Waals surface area contributed by atoms with Crippen molar-refractivity contribution in [3.8, 4) is 0 Å². The largest absolute Gasteiger partial charge is 0.396 e. The number of rotatable bonds is 8. The molecule has 6 N–H and O–H groups in total. The van der Waals surface area contributed by atoms with Crippen molar-refractivity contribution in [2.45, 2.75) is 32.7 Å². The lowest BCUT2D eigenvalue weighted by atomic mass is 9.95. The third-order valence-electron chi connectivity index (χ3n) is 5.60. The number of hydrogen-bond donors (Lipinski definition) is 6. The third-order valence-corrected chi connectivity index (χ3v) is 5.60. The first-order valence-electron chi connectivity index (χ1n) is 11.2. The molecule has 1 saturated heterocycles. The molecule has 1 atom stereocenters. The number of carbonyl (C=O) groups excluding carboxylic acids is 1. The molecule has 1 amide bonds. The summed E-state index contributed by atoms with van der Waals surface area (Å²) in [5.74, 6) is 0.516. The highest BCUT2D eigenvalue weighted by Crippen LogP contribution is 2.19. The number of anilines is 1. The Labute approximate surface area is 198 Å². The third kappa shape index (κ3) is 6.12. The molecular formula is C23H33N7O4. The van der Waals surface area contributed by atoms with Crippen LogP contribution in [0.2, 0.25) is 0 Å². The molecule has 1 unspecified atom stereocenters. The Kier molecular flexibility index (Phi) is 8.24. The predicted molar refractivity (Wildman–Crippen MR) is 131 cm³/mol. The van der Waals surface area contributed by atoms with Gasteiger partial charge in [-0.15, -0.1) is 0 Å². The lowest BCUT2D eigenvalue weighted by Gasteiger charge is -2.25. The molecule has 2 aliphatic heterocycles. The number of hydrogen-bond acceptors (Lipinski definition) is 9. The van der Waals surface area contributed by atoms with Crippen LogP contribution < -0.4 is 26.8 Å². The van der Waals surface area contributed by atoms with Crippen LogP contribution in [0.25, 0.3) is 0 Å². The van der Waals surface area contributed by atoms with Gasteiger partial charge in [-0.3, -0.25) is 9.59 Å². The Morgan fingerprint density at radius 2 is 2.26 bits per heavy atom. The van der Waals surface area contributed by atoms with E-state index in [0.717, 1.165) is 19.1 Å². The Morgan fingerprint density at radius 3 is 2.91 bits per heavy atom. The zero-order chi connectivity index (χ0) is 24.7. The highest BCUT2D eigenvalue weighted by atomic mass is 16.5. The minimum Gasteiger partial charge on any atom is -0.396 e. The second-order valence-electron chi connectivity index (χ2n) is 8.97. The SMILES string of the molecule is CNC1=CC(Nc2cccn(C3CCCOC3)c2=O)=N/C(=C(/C=N)C(=O)NCC(C)(C)CO)N1. The molecule has 1 fully saturated rings. The maximum absolute atomic E-state index is 13.1. The molecule has 1 aromatic rings. The average Bonchev–Trinajstić information content (AvgIpc) is 2.85. The van der Waals surface area contributed by atoms with Crippen LogP contribution in [0.4, 0.5) is 5.69 Å². The van der Waals surface area contributed by atoms with Gasteiger partial charge in [0, 0.05) is 50.7 Å². The Morgan fingerprint density at radius 1 is 1.47 bits per heavy atom. The number of amides is 1. The highest BCUT2D eigenvalue weighted by molar-refractivity contribution is 6.13. The van der Waals surface area contributed by atoms with Gasteiger partial charge in [0.25, 0.3) is 11.5 Å². The summed E-state index contributed by atoms with van der Waals surface area (Å²) in [5.41, 5.74) is -0.347. The first-order valence-corrected chi connectivity index (χ1v) is 11.2. The van der Waals surface area contributed by atoms with E-state index in [0.29, 0.717) is 30.6 Å². The van der Waals surface area contributed by atoms with Gasteiger partial charge in [-0.1, -0.05) is 13.8 Å². The molecule has 3 heterocycles. The summed E-state index contributed by atoms with van der Waals surface area (Å²) in [7, 11) is 1.70. The molecule has 34 heavy (non-hydrogen) atoms. The minimum atomic E-state index is -0.504. The van der Waals surface area contributed by atoms with E-state index >= 15 is 0 Å². The van der Waals surface area contributed by atoms with Crippen LogP contribution in [0.15, 0.2) is 51.4 Å². The van der Waals surface area contributed by atoms with E-state index in [9.17, 15) is 14.7 Å². The van der Waals surface area contributed by atoms with Gasteiger partial charge < -0.3 is 41.1 Å². The zero-order valence-electron chi connectivity index (χ0n) is 19.8. The molecule has 0 spiro atoms. The summed E-state index contributed by atoms with van der Waals surface area (Å²) >= 11 is 0. The zero-order valence-corrected chi connectivity index (χ0v) is 19.8. The molecule has 0 saturated carbocycles. The minimum absolute atomic E-state index is 0.0127. The van der Waals surface area contributed by atoms with Crippen LogP contribution in [0, 0.1) is 10.8 Å². The standard InChI is InChI=1S/C23H33N7O4/c1-23(2,14-31)13-26-21(32)16(11-24)20-28-18(25-3)10-19(29-20)27-17-7-4-8-30(22(17)33)15-6-5-9-34-12-15/h4,7-8,10-11,15,24-25,28,31H,5-6,9,12-14H2,1-3H3,(H,26,32)(H,27,29)/b20-16-,24-11?. The van der Waals surface area contributed by atoms with Crippen molar-refractivity contribution in [2.75, 3.05) is 38.7 Å². The number of carbonyl (C=O) groups is 1. The van der Waals surface area contributed by atoms with Gasteiger partial charge in [-0.25, -0.2) is 4.99 Å². The quantitative estimate of drug-likeness (QED) is 0.241. The lowest BCUT2D eigenvalue weighted by Crippen LogP contribution is -2.39. The van der Waals surface area contributed by atoms with E-state index in [4.69, 9.17) is 10.1 Å². The van der Waals surface area contributed by atoms with E-state index < -0.39 is 11.3 Å². The van der Waals surface area contributed by atoms with E-state index in [1.54, 1.807) is 36.0 Å². The van der Waals surface area contributed by atoms with Gasteiger partial charge in [0.05, 0.1) is 18.2 Å². The number of aromatic nitrogens is 1. The summed E-state index contributed by atoms with van der Waals surface area (Å²) in [6.45, 7) is 4.97.